The van der Waals surface area contributed by atoms with E-state index in [1.165, 1.54) is 0 Å². The lowest BCUT2D eigenvalue weighted by Crippen LogP contribution is -2.42. The largest absolute Gasteiger partial charge is 0.480 e. The van der Waals surface area contributed by atoms with E-state index in [0.29, 0.717) is 12.3 Å². The number of carbonyl (C=O) groups is 2. The monoisotopic (exact) mass is 283 g/mol. The molecule has 1 amide bonds. The minimum Gasteiger partial charge on any atom is -0.480 e. The molecule has 4 heteroatoms. The highest BCUT2D eigenvalue weighted by Gasteiger charge is 2.29. The Kier molecular flexibility index (Phi) is 6.03. The van der Waals surface area contributed by atoms with E-state index in [4.69, 9.17) is 5.11 Å². The van der Waals surface area contributed by atoms with Crippen molar-refractivity contribution < 1.29 is 14.7 Å². The van der Waals surface area contributed by atoms with Gasteiger partial charge in [-0.2, -0.15) is 0 Å². The molecule has 116 valence electrons. The van der Waals surface area contributed by atoms with Crippen LogP contribution in [0.15, 0.2) is 0 Å². The quantitative estimate of drug-likeness (QED) is 0.813. The van der Waals surface area contributed by atoms with Crippen LogP contribution in [0.3, 0.4) is 0 Å². The summed E-state index contributed by atoms with van der Waals surface area (Å²) in [4.78, 5) is 25.0. The van der Waals surface area contributed by atoms with Crippen molar-refractivity contribution in [3.8, 4) is 0 Å². The molecule has 20 heavy (non-hydrogen) atoms. The molecule has 0 radical (unpaired) electrons. The number of amides is 1. The molecule has 1 fully saturated rings. The highest BCUT2D eigenvalue weighted by molar-refractivity contribution is 5.81. The Hall–Kier alpha value is -1.06. The predicted octanol–water partition coefficient (Wildman–Crippen LogP) is 3.30. The second kappa shape index (κ2) is 7.09. The first-order valence-corrected chi connectivity index (χ1v) is 7.70. The molecule has 0 spiro atoms. The van der Waals surface area contributed by atoms with Crippen LogP contribution in [0.4, 0.5) is 0 Å². The summed E-state index contributed by atoms with van der Waals surface area (Å²) < 4.78 is 0. The Bertz CT molecular complexity index is 340. The SMILES string of the molecule is CC(CC(=O)N(CC(=O)O)C1CCCC1)CC(C)(C)C. The smallest absolute Gasteiger partial charge is 0.323 e. The number of carboxylic acids is 1. The average molecular weight is 283 g/mol. The Labute approximate surface area is 122 Å². The Morgan fingerprint density at radius 1 is 1.25 bits per heavy atom. The third-order valence-corrected chi connectivity index (χ3v) is 3.88. The third-order valence-electron chi connectivity index (χ3n) is 3.88. The van der Waals surface area contributed by atoms with Crippen LogP contribution < -0.4 is 0 Å². The van der Waals surface area contributed by atoms with Crippen molar-refractivity contribution in [3.63, 3.8) is 0 Å². The van der Waals surface area contributed by atoms with Gasteiger partial charge < -0.3 is 10.0 Å². The van der Waals surface area contributed by atoms with Gasteiger partial charge in [0.05, 0.1) is 0 Å². The Balaban J connectivity index is 2.60. The molecule has 0 aromatic heterocycles. The molecule has 1 unspecified atom stereocenters. The zero-order valence-electron chi connectivity index (χ0n) is 13.3. The second-order valence-corrected chi connectivity index (χ2v) is 7.43. The van der Waals surface area contributed by atoms with Gasteiger partial charge in [-0.15, -0.1) is 0 Å². The number of hydrogen-bond donors (Lipinski definition) is 1. The van der Waals surface area contributed by atoms with Crippen molar-refractivity contribution >= 4 is 11.9 Å². The zero-order chi connectivity index (χ0) is 15.3. The molecule has 1 N–H and O–H groups in total. The first kappa shape index (κ1) is 17.0. The summed E-state index contributed by atoms with van der Waals surface area (Å²) in [6, 6.07) is 0.139. The maximum Gasteiger partial charge on any atom is 0.323 e. The Morgan fingerprint density at radius 2 is 1.80 bits per heavy atom. The summed E-state index contributed by atoms with van der Waals surface area (Å²) in [5, 5.41) is 9.02. The zero-order valence-corrected chi connectivity index (χ0v) is 13.3. The van der Waals surface area contributed by atoms with E-state index in [2.05, 4.69) is 27.7 Å². The molecule has 1 rings (SSSR count). The fourth-order valence-corrected chi connectivity index (χ4v) is 3.32. The number of nitrogens with zero attached hydrogens (tertiary/aromatic N) is 1. The van der Waals surface area contributed by atoms with E-state index in [1.54, 1.807) is 4.90 Å². The molecule has 0 aromatic carbocycles. The van der Waals surface area contributed by atoms with Gasteiger partial charge >= 0.3 is 5.97 Å². The van der Waals surface area contributed by atoms with Crippen molar-refractivity contribution in [2.24, 2.45) is 11.3 Å². The highest BCUT2D eigenvalue weighted by atomic mass is 16.4. The van der Waals surface area contributed by atoms with Crippen LogP contribution in [-0.2, 0) is 9.59 Å². The number of hydrogen-bond acceptors (Lipinski definition) is 2. The summed E-state index contributed by atoms with van der Waals surface area (Å²) in [7, 11) is 0. The van der Waals surface area contributed by atoms with Gasteiger partial charge in [-0.05, 0) is 30.6 Å². The van der Waals surface area contributed by atoms with Gasteiger partial charge in [0.15, 0.2) is 0 Å². The van der Waals surface area contributed by atoms with Crippen LogP contribution in [0.25, 0.3) is 0 Å². The second-order valence-electron chi connectivity index (χ2n) is 7.43. The topological polar surface area (TPSA) is 57.6 Å². The fourth-order valence-electron chi connectivity index (χ4n) is 3.32. The van der Waals surface area contributed by atoms with Crippen LogP contribution in [0.2, 0.25) is 0 Å². The molecular formula is C16H29NO3. The Morgan fingerprint density at radius 3 is 2.25 bits per heavy atom. The van der Waals surface area contributed by atoms with Gasteiger partial charge in [-0.25, -0.2) is 0 Å². The van der Waals surface area contributed by atoms with Gasteiger partial charge in [0.2, 0.25) is 5.91 Å². The summed E-state index contributed by atoms with van der Waals surface area (Å²) in [5.74, 6) is -0.607. The fraction of sp³-hybridized carbons (Fsp3) is 0.875. The molecule has 4 nitrogen and oxygen atoms in total. The molecule has 0 aromatic rings. The van der Waals surface area contributed by atoms with Crippen molar-refractivity contribution in [2.75, 3.05) is 6.54 Å². The highest BCUT2D eigenvalue weighted by Crippen LogP contribution is 2.28. The third kappa shape index (κ3) is 5.93. The maximum atomic E-state index is 12.4. The molecule has 0 saturated heterocycles. The number of aliphatic carboxylic acids is 1. The summed E-state index contributed by atoms with van der Waals surface area (Å²) in [6.45, 7) is 8.43. The molecule has 0 heterocycles. The van der Waals surface area contributed by atoms with Gasteiger partial charge in [-0.3, -0.25) is 9.59 Å². The summed E-state index contributed by atoms with van der Waals surface area (Å²) in [5.41, 5.74) is 0.199. The maximum absolute atomic E-state index is 12.4. The van der Waals surface area contributed by atoms with Crippen LogP contribution in [-0.4, -0.2) is 34.5 Å². The van der Waals surface area contributed by atoms with Gasteiger partial charge in [0.25, 0.3) is 0 Å². The summed E-state index contributed by atoms with van der Waals surface area (Å²) in [6.07, 6.45) is 5.54. The van der Waals surface area contributed by atoms with Crippen molar-refractivity contribution in [2.45, 2.75) is 72.3 Å². The van der Waals surface area contributed by atoms with Crippen LogP contribution in [0, 0.1) is 11.3 Å². The van der Waals surface area contributed by atoms with E-state index in [9.17, 15) is 9.59 Å². The van der Waals surface area contributed by atoms with Gasteiger partial charge in [0, 0.05) is 12.5 Å². The lowest BCUT2D eigenvalue weighted by molar-refractivity contribution is -0.146. The van der Waals surface area contributed by atoms with E-state index in [1.807, 2.05) is 0 Å². The van der Waals surface area contributed by atoms with E-state index in [0.717, 1.165) is 32.1 Å². The van der Waals surface area contributed by atoms with E-state index in [-0.39, 0.29) is 23.9 Å². The molecular weight excluding hydrogens is 254 g/mol. The number of carboxylic acid groups (broad SMARTS) is 1. The number of carbonyl (C=O) groups excluding carboxylic acids is 1. The minimum absolute atomic E-state index is 0.0102. The van der Waals surface area contributed by atoms with Crippen molar-refractivity contribution in [1.82, 2.24) is 4.90 Å². The molecule has 0 bridgehead atoms. The first-order chi connectivity index (χ1) is 9.19. The van der Waals surface area contributed by atoms with Gasteiger partial charge in [-0.1, -0.05) is 40.5 Å². The van der Waals surface area contributed by atoms with E-state index < -0.39 is 5.97 Å². The van der Waals surface area contributed by atoms with Crippen LogP contribution in [0.1, 0.15) is 66.2 Å². The molecule has 1 saturated carbocycles. The van der Waals surface area contributed by atoms with Crippen molar-refractivity contribution in [1.29, 1.82) is 0 Å². The van der Waals surface area contributed by atoms with Crippen molar-refractivity contribution in [3.05, 3.63) is 0 Å². The molecule has 0 aliphatic heterocycles. The predicted molar refractivity (Wildman–Crippen MR) is 79.5 cm³/mol. The standard InChI is InChI=1S/C16H29NO3/c1-12(10-16(2,3)4)9-14(18)17(11-15(19)20)13-7-5-6-8-13/h12-13H,5-11H2,1-4H3,(H,19,20). The first-order valence-electron chi connectivity index (χ1n) is 7.70. The molecule has 1 aliphatic carbocycles. The molecule has 1 aliphatic rings. The average Bonchev–Trinajstić information content (AvgIpc) is 2.75. The number of rotatable bonds is 6. The van der Waals surface area contributed by atoms with Gasteiger partial charge in [0.1, 0.15) is 6.54 Å². The van der Waals surface area contributed by atoms with E-state index >= 15 is 0 Å². The van der Waals surface area contributed by atoms with Crippen LogP contribution in [0.5, 0.6) is 0 Å². The lowest BCUT2D eigenvalue weighted by atomic mass is 9.84. The lowest BCUT2D eigenvalue weighted by Gasteiger charge is -2.30. The molecule has 1 atom stereocenters. The normalized spacial score (nSPS) is 18.0. The minimum atomic E-state index is -0.909. The van der Waals surface area contributed by atoms with Crippen LogP contribution >= 0.6 is 0 Å². The summed E-state index contributed by atoms with van der Waals surface area (Å²) >= 11 is 0.